The number of carbonyl (C=O) groups excluding carboxylic acids is 1. The van der Waals surface area contributed by atoms with Gasteiger partial charge in [0, 0.05) is 5.02 Å². The largest absolute Gasteiger partial charge is 0.484 e. The zero-order chi connectivity index (χ0) is 12.2. The number of sulfonamides is 1. The Morgan fingerprint density at radius 1 is 1.50 bits per heavy atom. The van der Waals surface area contributed by atoms with Gasteiger partial charge in [0.2, 0.25) is 10.0 Å². The van der Waals surface area contributed by atoms with Crippen LogP contribution in [0.15, 0.2) is 24.3 Å². The monoisotopic (exact) mass is 263 g/mol. The molecule has 1 amide bonds. The second-order valence-corrected chi connectivity index (χ2v) is 5.23. The van der Waals surface area contributed by atoms with Crippen LogP contribution in [0.3, 0.4) is 0 Å². The lowest BCUT2D eigenvalue weighted by Gasteiger charge is -2.06. The highest BCUT2D eigenvalue weighted by Gasteiger charge is 2.08. The average Bonchev–Trinajstić information content (AvgIpc) is 2.12. The van der Waals surface area contributed by atoms with Gasteiger partial charge in [-0.2, -0.15) is 0 Å². The lowest BCUT2D eigenvalue weighted by molar-refractivity contribution is -0.121. The van der Waals surface area contributed by atoms with Crippen LogP contribution in [-0.2, 0) is 14.8 Å². The van der Waals surface area contributed by atoms with Crippen LogP contribution < -0.4 is 9.46 Å². The predicted octanol–water partition coefficient (Wildman–Crippen LogP) is 0.795. The van der Waals surface area contributed by atoms with E-state index in [-0.39, 0.29) is 6.61 Å². The third-order valence-corrected chi connectivity index (χ3v) is 2.30. The highest BCUT2D eigenvalue weighted by molar-refractivity contribution is 7.89. The Hall–Kier alpha value is -1.27. The van der Waals surface area contributed by atoms with Crippen LogP contribution in [0.2, 0.25) is 5.02 Å². The Morgan fingerprint density at radius 2 is 2.19 bits per heavy atom. The Morgan fingerprint density at radius 3 is 2.75 bits per heavy atom. The van der Waals surface area contributed by atoms with Crippen molar-refractivity contribution in [2.75, 3.05) is 12.9 Å². The highest BCUT2D eigenvalue weighted by atomic mass is 35.5. The summed E-state index contributed by atoms with van der Waals surface area (Å²) < 4.78 is 28.2. The summed E-state index contributed by atoms with van der Waals surface area (Å²) >= 11 is 5.69. The average molecular weight is 264 g/mol. The Kier molecular flexibility index (Phi) is 4.14. The molecule has 0 unspecified atom stereocenters. The van der Waals surface area contributed by atoms with Gasteiger partial charge in [0.05, 0.1) is 6.26 Å². The molecule has 0 radical (unpaired) electrons. The van der Waals surface area contributed by atoms with Crippen LogP contribution in [-0.4, -0.2) is 27.2 Å². The minimum Gasteiger partial charge on any atom is -0.484 e. The molecule has 0 aliphatic rings. The molecule has 1 N–H and O–H groups in total. The van der Waals surface area contributed by atoms with E-state index in [0.717, 1.165) is 6.26 Å². The molecule has 7 heteroatoms. The summed E-state index contributed by atoms with van der Waals surface area (Å²) in [7, 11) is -3.54. The SMILES string of the molecule is CS(=O)(=O)NC(=O)COc1cccc(Cl)c1. The molecule has 1 rings (SSSR count). The first kappa shape index (κ1) is 12.8. The molecule has 0 saturated carbocycles. The number of amides is 1. The molecule has 1 aromatic carbocycles. The summed E-state index contributed by atoms with van der Waals surface area (Å²) in [6, 6.07) is 6.45. The molecule has 0 fully saturated rings. The van der Waals surface area contributed by atoms with Crippen molar-refractivity contribution in [2.24, 2.45) is 0 Å². The molecule has 0 spiro atoms. The van der Waals surface area contributed by atoms with Crippen LogP contribution in [0.4, 0.5) is 0 Å². The summed E-state index contributed by atoms with van der Waals surface area (Å²) in [4.78, 5) is 11.1. The van der Waals surface area contributed by atoms with Gasteiger partial charge in [0.25, 0.3) is 5.91 Å². The fourth-order valence-corrected chi connectivity index (χ4v) is 1.59. The maximum absolute atomic E-state index is 11.1. The zero-order valence-corrected chi connectivity index (χ0v) is 10.0. The molecular weight excluding hydrogens is 254 g/mol. The number of benzene rings is 1. The van der Waals surface area contributed by atoms with Gasteiger partial charge in [-0.1, -0.05) is 17.7 Å². The van der Waals surface area contributed by atoms with E-state index >= 15 is 0 Å². The van der Waals surface area contributed by atoms with Gasteiger partial charge in [-0.25, -0.2) is 8.42 Å². The number of halogens is 1. The number of hydrogen-bond acceptors (Lipinski definition) is 4. The first-order valence-corrected chi connectivity index (χ1v) is 6.53. The number of ether oxygens (including phenoxy) is 1. The van der Waals surface area contributed by atoms with E-state index in [0.29, 0.717) is 10.8 Å². The maximum atomic E-state index is 11.1. The summed E-state index contributed by atoms with van der Waals surface area (Å²) in [6.07, 6.45) is 0.893. The van der Waals surface area contributed by atoms with Crippen molar-refractivity contribution in [1.82, 2.24) is 4.72 Å². The smallest absolute Gasteiger partial charge is 0.271 e. The molecule has 0 bridgehead atoms. The molecule has 0 saturated heterocycles. The second-order valence-electron chi connectivity index (χ2n) is 3.04. The lowest BCUT2D eigenvalue weighted by Crippen LogP contribution is -2.33. The molecule has 16 heavy (non-hydrogen) atoms. The predicted molar refractivity (Wildman–Crippen MR) is 59.9 cm³/mol. The van der Waals surface area contributed by atoms with E-state index in [1.807, 2.05) is 0 Å². The Bertz CT molecular complexity index is 486. The van der Waals surface area contributed by atoms with Gasteiger partial charge in [-0.3, -0.25) is 9.52 Å². The van der Waals surface area contributed by atoms with E-state index in [1.165, 1.54) is 6.07 Å². The van der Waals surface area contributed by atoms with Crippen LogP contribution >= 0.6 is 11.6 Å². The topological polar surface area (TPSA) is 72.5 Å². The van der Waals surface area contributed by atoms with Gasteiger partial charge in [-0.05, 0) is 18.2 Å². The van der Waals surface area contributed by atoms with Gasteiger partial charge >= 0.3 is 0 Å². The minimum atomic E-state index is -3.54. The van der Waals surface area contributed by atoms with Crippen molar-refractivity contribution in [2.45, 2.75) is 0 Å². The molecule has 0 aliphatic carbocycles. The van der Waals surface area contributed by atoms with Crippen LogP contribution in [0.1, 0.15) is 0 Å². The standard InChI is InChI=1S/C9H10ClNO4S/c1-16(13,14)11-9(12)6-15-8-4-2-3-7(10)5-8/h2-5H,6H2,1H3,(H,11,12). The first-order valence-electron chi connectivity index (χ1n) is 4.26. The Balaban J connectivity index is 2.49. The summed E-state index contributed by atoms with van der Waals surface area (Å²) in [5.74, 6) is -0.335. The Labute approximate surface area is 98.4 Å². The van der Waals surface area contributed by atoms with E-state index in [4.69, 9.17) is 16.3 Å². The summed E-state index contributed by atoms with van der Waals surface area (Å²) in [5.41, 5.74) is 0. The van der Waals surface area contributed by atoms with Crippen molar-refractivity contribution in [1.29, 1.82) is 0 Å². The minimum absolute atomic E-state index is 0.382. The fraction of sp³-hybridized carbons (Fsp3) is 0.222. The van der Waals surface area contributed by atoms with Crippen molar-refractivity contribution >= 4 is 27.5 Å². The van der Waals surface area contributed by atoms with E-state index in [2.05, 4.69) is 0 Å². The van der Waals surface area contributed by atoms with Gasteiger partial charge in [0.1, 0.15) is 5.75 Å². The number of hydrogen-bond donors (Lipinski definition) is 1. The van der Waals surface area contributed by atoms with Crippen molar-refractivity contribution < 1.29 is 17.9 Å². The van der Waals surface area contributed by atoms with Gasteiger partial charge < -0.3 is 4.74 Å². The summed E-state index contributed by atoms with van der Waals surface area (Å²) in [6.45, 7) is -0.382. The van der Waals surface area contributed by atoms with Crippen LogP contribution in [0, 0.1) is 0 Å². The van der Waals surface area contributed by atoms with Gasteiger partial charge in [-0.15, -0.1) is 0 Å². The number of rotatable bonds is 4. The third kappa shape index (κ3) is 4.99. The summed E-state index contributed by atoms with van der Waals surface area (Å²) in [5, 5.41) is 0.473. The fourth-order valence-electron chi connectivity index (χ4n) is 0.942. The van der Waals surface area contributed by atoms with Crippen LogP contribution in [0.25, 0.3) is 0 Å². The number of nitrogens with one attached hydrogen (secondary N) is 1. The second kappa shape index (κ2) is 5.18. The van der Waals surface area contributed by atoms with Gasteiger partial charge in [0.15, 0.2) is 6.61 Å². The molecule has 0 aliphatic heterocycles. The van der Waals surface area contributed by atoms with E-state index in [9.17, 15) is 13.2 Å². The van der Waals surface area contributed by atoms with Crippen molar-refractivity contribution in [3.8, 4) is 5.75 Å². The van der Waals surface area contributed by atoms with Crippen molar-refractivity contribution in [3.63, 3.8) is 0 Å². The molecule has 0 heterocycles. The quantitative estimate of drug-likeness (QED) is 0.872. The molecule has 0 atom stereocenters. The van der Waals surface area contributed by atoms with E-state index in [1.54, 1.807) is 22.9 Å². The molecule has 88 valence electrons. The first-order chi connectivity index (χ1) is 7.37. The molecule has 5 nitrogen and oxygen atoms in total. The zero-order valence-electron chi connectivity index (χ0n) is 8.44. The lowest BCUT2D eigenvalue weighted by atomic mass is 10.3. The third-order valence-electron chi connectivity index (χ3n) is 1.47. The molecular formula is C9H10ClNO4S. The molecule has 0 aromatic heterocycles. The normalized spacial score (nSPS) is 10.9. The molecule has 1 aromatic rings. The van der Waals surface area contributed by atoms with Crippen molar-refractivity contribution in [3.05, 3.63) is 29.3 Å². The van der Waals surface area contributed by atoms with Crippen LogP contribution in [0.5, 0.6) is 5.75 Å². The highest BCUT2D eigenvalue weighted by Crippen LogP contribution is 2.16. The maximum Gasteiger partial charge on any atom is 0.271 e. The van der Waals surface area contributed by atoms with E-state index < -0.39 is 15.9 Å². The number of carbonyl (C=O) groups is 1.